The van der Waals surface area contributed by atoms with Gasteiger partial charge in [0, 0.05) is 12.4 Å². The van der Waals surface area contributed by atoms with Crippen LogP contribution in [0.3, 0.4) is 0 Å². The minimum atomic E-state index is -0.334. The van der Waals surface area contributed by atoms with Crippen molar-refractivity contribution in [2.24, 2.45) is 4.99 Å². The van der Waals surface area contributed by atoms with Crippen molar-refractivity contribution >= 4 is 23.8 Å². The van der Waals surface area contributed by atoms with Gasteiger partial charge in [0.15, 0.2) is 11.2 Å². The minimum Gasteiger partial charge on any atom is -0.336 e. The Morgan fingerprint density at radius 3 is 3.07 bits per heavy atom. The van der Waals surface area contributed by atoms with Crippen molar-refractivity contribution in [3.63, 3.8) is 0 Å². The van der Waals surface area contributed by atoms with Gasteiger partial charge in [-0.15, -0.1) is 0 Å². The number of rotatable bonds is 3. The molecule has 0 unspecified atom stereocenters. The van der Waals surface area contributed by atoms with Crippen molar-refractivity contribution in [1.82, 2.24) is 19.9 Å². The first-order chi connectivity index (χ1) is 7.31. The van der Waals surface area contributed by atoms with Gasteiger partial charge in [-0.2, -0.15) is 4.98 Å². The van der Waals surface area contributed by atoms with E-state index in [-0.39, 0.29) is 17.7 Å². The van der Waals surface area contributed by atoms with Crippen LogP contribution in [0.4, 0.5) is 5.95 Å². The zero-order chi connectivity index (χ0) is 10.7. The lowest BCUT2D eigenvalue weighted by Crippen LogP contribution is -2.14. The molecule has 0 radical (unpaired) electrons. The topological polar surface area (TPSA) is 95.9 Å². The lowest BCUT2D eigenvalue weighted by molar-refractivity contribution is 1.04. The number of aromatic nitrogens is 4. The van der Waals surface area contributed by atoms with E-state index in [2.05, 4.69) is 37.0 Å². The standard InChI is InChI=1S/C8H8N6O/c1-9-4-12-8-13-6-5(7(15)14-8)10-2-3-11-6/h2-3H,1,4H2,(H2,11,12,13,14,15). The van der Waals surface area contributed by atoms with E-state index in [4.69, 9.17) is 0 Å². The van der Waals surface area contributed by atoms with E-state index >= 15 is 0 Å². The summed E-state index contributed by atoms with van der Waals surface area (Å²) >= 11 is 0. The van der Waals surface area contributed by atoms with Crippen LogP contribution in [0.1, 0.15) is 0 Å². The van der Waals surface area contributed by atoms with E-state index < -0.39 is 0 Å². The fourth-order valence-electron chi connectivity index (χ4n) is 1.09. The van der Waals surface area contributed by atoms with E-state index in [1.165, 1.54) is 12.4 Å². The molecule has 76 valence electrons. The van der Waals surface area contributed by atoms with Crippen LogP contribution >= 0.6 is 0 Å². The maximum atomic E-state index is 11.5. The van der Waals surface area contributed by atoms with E-state index in [1.54, 1.807) is 0 Å². The van der Waals surface area contributed by atoms with Gasteiger partial charge in [0.25, 0.3) is 5.56 Å². The number of nitrogens with one attached hydrogen (secondary N) is 2. The molecule has 7 nitrogen and oxygen atoms in total. The second-order valence-corrected chi connectivity index (χ2v) is 2.70. The molecule has 0 spiro atoms. The zero-order valence-corrected chi connectivity index (χ0v) is 7.77. The highest BCUT2D eigenvalue weighted by molar-refractivity contribution is 5.68. The van der Waals surface area contributed by atoms with Crippen LogP contribution in [-0.4, -0.2) is 33.3 Å². The molecule has 0 saturated carbocycles. The van der Waals surface area contributed by atoms with Crippen LogP contribution in [0.5, 0.6) is 0 Å². The molecule has 0 fully saturated rings. The van der Waals surface area contributed by atoms with Crippen molar-refractivity contribution in [1.29, 1.82) is 0 Å². The third kappa shape index (κ3) is 1.80. The number of aromatic amines is 1. The number of aliphatic imine (C=N–C) groups is 1. The number of hydrogen-bond acceptors (Lipinski definition) is 6. The van der Waals surface area contributed by atoms with Gasteiger partial charge in [0.05, 0.1) is 0 Å². The number of hydrogen-bond donors (Lipinski definition) is 2. The van der Waals surface area contributed by atoms with Crippen molar-refractivity contribution in [3.05, 3.63) is 22.7 Å². The summed E-state index contributed by atoms with van der Waals surface area (Å²) in [7, 11) is 0. The SMILES string of the molecule is C=NCNc1nc2nccnc2c(=O)[nH]1. The monoisotopic (exact) mass is 204 g/mol. The molecule has 0 aliphatic carbocycles. The van der Waals surface area contributed by atoms with Gasteiger partial charge in [0.2, 0.25) is 5.95 Å². The zero-order valence-electron chi connectivity index (χ0n) is 7.77. The fraction of sp³-hybridized carbons (Fsp3) is 0.125. The molecule has 0 aliphatic heterocycles. The molecule has 0 bridgehead atoms. The van der Waals surface area contributed by atoms with Crippen LogP contribution in [-0.2, 0) is 0 Å². The average Bonchev–Trinajstić information content (AvgIpc) is 2.26. The summed E-state index contributed by atoms with van der Waals surface area (Å²) in [5.74, 6) is 0.306. The summed E-state index contributed by atoms with van der Waals surface area (Å²) in [5, 5.41) is 2.76. The highest BCUT2D eigenvalue weighted by atomic mass is 16.1. The number of nitrogens with zero attached hydrogens (tertiary/aromatic N) is 4. The van der Waals surface area contributed by atoms with Gasteiger partial charge in [0.1, 0.15) is 6.67 Å². The Bertz CT molecular complexity index is 548. The second kappa shape index (κ2) is 3.82. The Balaban J connectivity index is 2.52. The third-order valence-electron chi connectivity index (χ3n) is 1.70. The normalized spacial score (nSPS) is 10.1. The van der Waals surface area contributed by atoms with Crippen LogP contribution in [0, 0.1) is 0 Å². The lowest BCUT2D eigenvalue weighted by atomic mass is 10.5. The Morgan fingerprint density at radius 2 is 2.27 bits per heavy atom. The maximum absolute atomic E-state index is 11.5. The molecular weight excluding hydrogens is 196 g/mol. The van der Waals surface area contributed by atoms with E-state index in [0.29, 0.717) is 11.6 Å². The highest BCUT2D eigenvalue weighted by Crippen LogP contribution is 2.01. The Hall–Kier alpha value is -2.31. The van der Waals surface area contributed by atoms with Gasteiger partial charge in [-0.1, -0.05) is 0 Å². The van der Waals surface area contributed by atoms with E-state index in [9.17, 15) is 4.79 Å². The second-order valence-electron chi connectivity index (χ2n) is 2.70. The summed E-state index contributed by atoms with van der Waals surface area (Å²) in [6, 6.07) is 0. The fourth-order valence-corrected chi connectivity index (χ4v) is 1.09. The van der Waals surface area contributed by atoms with Gasteiger partial charge < -0.3 is 5.32 Å². The summed E-state index contributed by atoms with van der Waals surface area (Å²) in [4.78, 5) is 29.4. The van der Waals surface area contributed by atoms with Crippen LogP contribution in [0.2, 0.25) is 0 Å². The summed E-state index contributed by atoms with van der Waals surface area (Å²) in [5.41, 5.74) is 0.182. The lowest BCUT2D eigenvalue weighted by Gasteiger charge is -2.01. The Morgan fingerprint density at radius 1 is 1.47 bits per heavy atom. The summed E-state index contributed by atoms with van der Waals surface area (Å²) < 4.78 is 0. The molecule has 0 aromatic carbocycles. The number of anilines is 1. The molecule has 2 aromatic rings. The first-order valence-electron chi connectivity index (χ1n) is 4.18. The van der Waals surface area contributed by atoms with Crippen molar-refractivity contribution in [3.8, 4) is 0 Å². The molecule has 2 N–H and O–H groups in total. The van der Waals surface area contributed by atoms with Crippen LogP contribution in [0.25, 0.3) is 11.2 Å². The molecular formula is C8H8N6O. The molecule has 7 heteroatoms. The molecule has 2 rings (SSSR count). The first-order valence-corrected chi connectivity index (χ1v) is 4.18. The Kier molecular flexibility index (Phi) is 2.36. The average molecular weight is 204 g/mol. The molecule has 0 amide bonds. The molecule has 2 aromatic heterocycles. The summed E-state index contributed by atoms with van der Waals surface area (Å²) in [6.07, 6.45) is 2.92. The highest BCUT2D eigenvalue weighted by Gasteiger charge is 2.03. The molecule has 2 heterocycles. The molecule has 0 atom stereocenters. The number of H-pyrrole nitrogens is 1. The van der Waals surface area contributed by atoms with Gasteiger partial charge in [-0.25, -0.2) is 9.97 Å². The van der Waals surface area contributed by atoms with E-state index in [0.717, 1.165) is 0 Å². The molecule has 0 saturated heterocycles. The van der Waals surface area contributed by atoms with Crippen LogP contribution in [0.15, 0.2) is 22.2 Å². The van der Waals surface area contributed by atoms with E-state index in [1.807, 2.05) is 0 Å². The minimum absolute atomic E-state index is 0.217. The number of fused-ring (bicyclic) bond motifs is 1. The maximum Gasteiger partial charge on any atom is 0.280 e. The predicted molar refractivity (Wildman–Crippen MR) is 56.0 cm³/mol. The van der Waals surface area contributed by atoms with Crippen molar-refractivity contribution < 1.29 is 0 Å². The smallest absolute Gasteiger partial charge is 0.280 e. The third-order valence-corrected chi connectivity index (χ3v) is 1.70. The van der Waals surface area contributed by atoms with Crippen LogP contribution < -0.4 is 10.9 Å². The largest absolute Gasteiger partial charge is 0.336 e. The van der Waals surface area contributed by atoms with Gasteiger partial charge in [-0.05, 0) is 6.72 Å². The Labute approximate surface area is 84.3 Å². The quantitative estimate of drug-likeness (QED) is 0.674. The van der Waals surface area contributed by atoms with Crippen molar-refractivity contribution in [2.75, 3.05) is 12.0 Å². The summed E-state index contributed by atoms with van der Waals surface area (Å²) in [6.45, 7) is 3.57. The predicted octanol–water partition coefficient (Wildman–Crippen LogP) is -0.217. The van der Waals surface area contributed by atoms with Crippen molar-refractivity contribution in [2.45, 2.75) is 0 Å². The van der Waals surface area contributed by atoms with Gasteiger partial charge >= 0.3 is 0 Å². The molecule has 15 heavy (non-hydrogen) atoms. The van der Waals surface area contributed by atoms with Gasteiger partial charge in [-0.3, -0.25) is 14.8 Å². The first kappa shape index (κ1) is 9.25. The molecule has 0 aliphatic rings.